The summed E-state index contributed by atoms with van der Waals surface area (Å²) in [6.45, 7) is 2.10. The predicted molar refractivity (Wildman–Crippen MR) is 110 cm³/mol. The molecule has 0 aromatic heterocycles. The average molecular weight is 439 g/mol. The zero-order valence-corrected chi connectivity index (χ0v) is 17.1. The largest absolute Gasteiger partial charge is 0.573 e. The first kappa shape index (κ1) is 21.8. The topological polar surface area (TPSA) is 77.2 Å². The second-order valence-electron chi connectivity index (χ2n) is 6.48. The van der Waals surface area contributed by atoms with Gasteiger partial charge in [0.2, 0.25) is 0 Å². The minimum Gasteiger partial charge on any atom is -0.493 e. The number of carbonyl (C=O) groups is 1. The Hall–Kier alpha value is -2.88. The summed E-state index contributed by atoms with van der Waals surface area (Å²) in [5.74, 6) is -0.518. The third kappa shape index (κ3) is 5.18. The van der Waals surface area contributed by atoms with Gasteiger partial charge in [0, 0.05) is 11.3 Å². The van der Waals surface area contributed by atoms with Crippen LogP contribution < -0.4 is 15.2 Å². The van der Waals surface area contributed by atoms with E-state index in [1.54, 1.807) is 30.3 Å². The zero-order chi connectivity index (χ0) is 21.9. The van der Waals surface area contributed by atoms with E-state index in [2.05, 4.69) is 9.84 Å². The number of nitrogens with two attached hydrogens (primary N) is 1. The van der Waals surface area contributed by atoms with Crippen LogP contribution in [0.5, 0.6) is 11.5 Å². The molecule has 1 unspecified atom stereocenters. The Morgan fingerprint density at radius 1 is 1.17 bits per heavy atom. The van der Waals surface area contributed by atoms with E-state index in [1.165, 1.54) is 24.3 Å². The van der Waals surface area contributed by atoms with Crippen molar-refractivity contribution in [1.82, 2.24) is 5.01 Å². The maximum Gasteiger partial charge on any atom is 0.573 e. The van der Waals surface area contributed by atoms with Crippen molar-refractivity contribution in [3.05, 3.63) is 53.6 Å². The highest BCUT2D eigenvalue weighted by Gasteiger charge is 2.34. The summed E-state index contributed by atoms with van der Waals surface area (Å²) in [6, 6.07) is 11.2. The van der Waals surface area contributed by atoms with Gasteiger partial charge in [-0.1, -0.05) is 30.8 Å². The summed E-state index contributed by atoms with van der Waals surface area (Å²) in [6.07, 6.45) is -4.29. The maximum absolute atomic E-state index is 12.8. The molecule has 6 nitrogen and oxygen atoms in total. The molecule has 0 bridgehead atoms. The molecular formula is C20H20F3N3O3S. The van der Waals surface area contributed by atoms with Gasteiger partial charge in [0.15, 0.2) is 11.5 Å². The molecule has 3 rings (SSSR count). The minimum atomic E-state index is -4.86. The van der Waals surface area contributed by atoms with Gasteiger partial charge in [0.05, 0.1) is 24.6 Å². The van der Waals surface area contributed by atoms with Crippen LogP contribution in [0.15, 0.2) is 47.6 Å². The van der Waals surface area contributed by atoms with Crippen LogP contribution in [0.25, 0.3) is 0 Å². The second kappa shape index (κ2) is 8.86. The van der Waals surface area contributed by atoms with Crippen molar-refractivity contribution in [2.45, 2.75) is 31.5 Å². The van der Waals surface area contributed by atoms with Crippen molar-refractivity contribution in [2.24, 2.45) is 5.10 Å². The number of thioether (sulfide) groups is 1. The molecule has 0 radical (unpaired) electrons. The molecule has 160 valence electrons. The SMILES string of the molecule is CCC1SC(=O)N(Cc2ccc(N)cc2)N=C1c1ccc(OC)c(OC(F)(F)F)c1. The van der Waals surface area contributed by atoms with Crippen LogP contribution >= 0.6 is 11.8 Å². The van der Waals surface area contributed by atoms with Crippen molar-refractivity contribution in [3.8, 4) is 11.5 Å². The summed E-state index contributed by atoms with van der Waals surface area (Å²) < 4.78 is 47.4. The molecule has 1 heterocycles. The number of halogens is 3. The number of carbonyl (C=O) groups excluding carboxylic acids is 1. The molecule has 0 saturated carbocycles. The Labute approximate surface area is 175 Å². The fraction of sp³-hybridized carbons (Fsp3) is 0.300. The van der Waals surface area contributed by atoms with Crippen molar-refractivity contribution in [3.63, 3.8) is 0 Å². The van der Waals surface area contributed by atoms with Gasteiger partial charge in [0.1, 0.15) is 0 Å². The number of ether oxygens (including phenoxy) is 2. The molecule has 0 spiro atoms. The lowest BCUT2D eigenvalue weighted by Crippen LogP contribution is -2.34. The number of nitrogen functional groups attached to an aromatic ring is 1. The number of hydrogen-bond acceptors (Lipinski definition) is 6. The van der Waals surface area contributed by atoms with E-state index in [1.807, 2.05) is 6.92 Å². The number of methoxy groups -OCH3 is 1. The van der Waals surface area contributed by atoms with Gasteiger partial charge < -0.3 is 15.2 Å². The van der Waals surface area contributed by atoms with Crippen LogP contribution in [0.1, 0.15) is 24.5 Å². The lowest BCUT2D eigenvalue weighted by atomic mass is 10.0. The quantitative estimate of drug-likeness (QED) is 0.639. The Kier molecular flexibility index (Phi) is 6.45. The number of amides is 1. The summed E-state index contributed by atoms with van der Waals surface area (Å²) in [5.41, 5.74) is 8.03. The van der Waals surface area contributed by atoms with Crippen LogP contribution in [0.2, 0.25) is 0 Å². The molecule has 0 aliphatic carbocycles. The molecule has 10 heteroatoms. The van der Waals surface area contributed by atoms with Gasteiger partial charge in [-0.05, 0) is 42.3 Å². The highest BCUT2D eigenvalue weighted by molar-refractivity contribution is 8.14. The van der Waals surface area contributed by atoms with Gasteiger partial charge in [0.25, 0.3) is 0 Å². The van der Waals surface area contributed by atoms with E-state index >= 15 is 0 Å². The van der Waals surface area contributed by atoms with Crippen LogP contribution in [0, 0.1) is 0 Å². The van der Waals surface area contributed by atoms with E-state index in [9.17, 15) is 18.0 Å². The highest BCUT2D eigenvalue weighted by atomic mass is 32.2. The molecule has 30 heavy (non-hydrogen) atoms. The Bertz CT molecular complexity index is 949. The second-order valence-corrected chi connectivity index (χ2v) is 7.63. The Balaban J connectivity index is 1.97. The number of nitrogens with zero attached hydrogens (tertiary/aromatic N) is 2. The van der Waals surface area contributed by atoms with Gasteiger partial charge >= 0.3 is 11.6 Å². The lowest BCUT2D eigenvalue weighted by Gasteiger charge is -2.28. The fourth-order valence-electron chi connectivity index (χ4n) is 2.93. The molecule has 2 aromatic rings. The number of benzene rings is 2. The van der Waals surface area contributed by atoms with Crippen LogP contribution in [0.4, 0.5) is 23.7 Å². The lowest BCUT2D eigenvalue weighted by molar-refractivity contribution is -0.275. The predicted octanol–water partition coefficient (Wildman–Crippen LogP) is 5.03. The fourth-order valence-corrected chi connectivity index (χ4v) is 3.86. The molecule has 1 aliphatic rings. The minimum absolute atomic E-state index is 0.0528. The normalized spacial score (nSPS) is 17.0. The van der Waals surface area contributed by atoms with Crippen LogP contribution in [-0.2, 0) is 6.54 Å². The first-order valence-electron chi connectivity index (χ1n) is 9.05. The number of anilines is 1. The smallest absolute Gasteiger partial charge is 0.493 e. The third-order valence-electron chi connectivity index (χ3n) is 4.36. The molecular weight excluding hydrogens is 419 g/mol. The number of rotatable bonds is 6. The standard InChI is InChI=1S/C20H20F3N3O3S/c1-3-17-18(13-6-9-15(28-2)16(10-13)29-20(21,22)23)25-26(19(27)30-17)11-12-4-7-14(24)8-5-12/h4-10,17H,3,11,24H2,1-2H3. The van der Waals surface area contributed by atoms with Crippen LogP contribution in [0.3, 0.4) is 0 Å². The van der Waals surface area contributed by atoms with E-state index < -0.39 is 12.1 Å². The van der Waals surface area contributed by atoms with Gasteiger partial charge in [-0.25, -0.2) is 5.01 Å². The molecule has 1 amide bonds. The number of alkyl halides is 3. The average Bonchev–Trinajstić information content (AvgIpc) is 2.69. The van der Waals surface area contributed by atoms with E-state index in [0.29, 0.717) is 23.4 Å². The Morgan fingerprint density at radius 3 is 2.47 bits per heavy atom. The monoisotopic (exact) mass is 439 g/mol. The van der Waals surface area contributed by atoms with Crippen molar-refractivity contribution < 1.29 is 27.4 Å². The van der Waals surface area contributed by atoms with Gasteiger partial charge in [-0.15, -0.1) is 13.2 Å². The van der Waals surface area contributed by atoms with E-state index in [4.69, 9.17) is 10.5 Å². The number of hydrogen-bond donors (Lipinski definition) is 1. The zero-order valence-electron chi connectivity index (χ0n) is 16.3. The van der Waals surface area contributed by atoms with Crippen molar-refractivity contribution in [1.29, 1.82) is 0 Å². The highest BCUT2D eigenvalue weighted by Crippen LogP contribution is 2.36. The molecule has 0 fully saturated rings. The summed E-state index contributed by atoms with van der Waals surface area (Å²) in [7, 11) is 1.26. The number of hydrazone groups is 1. The summed E-state index contributed by atoms with van der Waals surface area (Å²) in [4.78, 5) is 12.5. The van der Waals surface area contributed by atoms with Crippen LogP contribution in [-0.4, -0.2) is 34.7 Å². The first-order chi connectivity index (χ1) is 14.2. The van der Waals surface area contributed by atoms with E-state index in [0.717, 1.165) is 17.3 Å². The molecule has 2 N–H and O–H groups in total. The van der Waals surface area contributed by atoms with E-state index in [-0.39, 0.29) is 22.8 Å². The Morgan fingerprint density at radius 2 is 1.87 bits per heavy atom. The molecule has 0 saturated heterocycles. The first-order valence-corrected chi connectivity index (χ1v) is 9.93. The summed E-state index contributed by atoms with van der Waals surface area (Å²) >= 11 is 1.09. The van der Waals surface area contributed by atoms with Gasteiger partial charge in [-0.2, -0.15) is 5.10 Å². The van der Waals surface area contributed by atoms with Gasteiger partial charge in [-0.3, -0.25) is 4.79 Å². The van der Waals surface area contributed by atoms with Crippen molar-refractivity contribution in [2.75, 3.05) is 12.8 Å². The summed E-state index contributed by atoms with van der Waals surface area (Å²) in [5, 5.41) is 5.23. The van der Waals surface area contributed by atoms with Crippen molar-refractivity contribution >= 4 is 28.4 Å². The molecule has 2 aromatic carbocycles. The third-order valence-corrected chi connectivity index (χ3v) is 5.61. The molecule has 1 atom stereocenters. The molecule has 1 aliphatic heterocycles. The maximum atomic E-state index is 12.8.